The van der Waals surface area contributed by atoms with E-state index in [1.54, 1.807) is 35.3 Å². The van der Waals surface area contributed by atoms with Gasteiger partial charge in [0.2, 0.25) is 5.76 Å². The molecule has 3 aromatic rings. The van der Waals surface area contributed by atoms with Crippen LogP contribution in [0.1, 0.15) is 16.3 Å². The lowest BCUT2D eigenvalue weighted by molar-refractivity contribution is -0.119. The van der Waals surface area contributed by atoms with Crippen molar-refractivity contribution in [3.05, 3.63) is 69.9 Å². The van der Waals surface area contributed by atoms with E-state index in [0.29, 0.717) is 18.0 Å². The number of ether oxygens (including phenoxy) is 1. The molecule has 0 radical (unpaired) electrons. The fourth-order valence-electron chi connectivity index (χ4n) is 2.09. The van der Waals surface area contributed by atoms with Crippen molar-refractivity contribution in [3.8, 4) is 0 Å². The van der Waals surface area contributed by atoms with E-state index in [0.717, 1.165) is 3.57 Å². The number of nitrogens with one attached hydrogen (secondary N) is 1. The van der Waals surface area contributed by atoms with Crippen molar-refractivity contribution in [1.29, 1.82) is 0 Å². The topological polar surface area (TPSA) is 86.4 Å². The van der Waals surface area contributed by atoms with Gasteiger partial charge in [0, 0.05) is 21.7 Å². The van der Waals surface area contributed by atoms with Gasteiger partial charge in [0.05, 0.1) is 6.54 Å². The highest BCUT2D eigenvalue weighted by Gasteiger charge is 2.15. The number of halogens is 1. The molecular formula is C17H14IN3O4. The maximum absolute atomic E-state index is 12.0. The van der Waals surface area contributed by atoms with E-state index < -0.39 is 11.9 Å². The zero-order valence-corrected chi connectivity index (χ0v) is 15.2. The molecule has 0 spiro atoms. The molecule has 1 N–H and O–H groups in total. The molecule has 2 heterocycles. The first-order valence-corrected chi connectivity index (χ1v) is 8.47. The third kappa shape index (κ3) is 4.92. The fourth-order valence-corrected chi connectivity index (χ4v) is 2.63. The van der Waals surface area contributed by atoms with Gasteiger partial charge in [-0.15, -0.1) is 0 Å². The van der Waals surface area contributed by atoms with Crippen LogP contribution in [0.25, 0.3) is 0 Å². The Labute approximate surface area is 157 Å². The molecule has 0 aliphatic carbocycles. The van der Waals surface area contributed by atoms with Gasteiger partial charge in [0.15, 0.2) is 6.61 Å². The third-order valence-corrected chi connectivity index (χ3v) is 3.85. The van der Waals surface area contributed by atoms with Crippen molar-refractivity contribution in [1.82, 2.24) is 9.78 Å². The van der Waals surface area contributed by atoms with Crippen LogP contribution in [0.3, 0.4) is 0 Å². The summed E-state index contributed by atoms with van der Waals surface area (Å²) in [6.45, 7) is 0.0207. The average Bonchev–Trinajstić information content (AvgIpc) is 3.25. The van der Waals surface area contributed by atoms with Crippen LogP contribution in [-0.4, -0.2) is 28.3 Å². The van der Waals surface area contributed by atoms with Gasteiger partial charge in [-0.25, -0.2) is 4.79 Å². The zero-order valence-electron chi connectivity index (χ0n) is 13.0. The van der Waals surface area contributed by atoms with Crippen molar-refractivity contribution in [2.75, 3.05) is 11.9 Å². The van der Waals surface area contributed by atoms with Crippen LogP contribution in [-0.2, 0) is 16.1 Å². The molecule has 0 unspecified atom stereocenters. The van der Waals surface area contributed by atoms with Crippen LogP contribution in [0.5, 0.6) is 0 Å². The summed E-state index contributed by atoms with van der Waals surface area (Å²) in [5.74, 6) is -0.494. The first kappa shape index (κ1) is 17.2. The number of anilines is 1. The van der Waals surface area contributed by atoms with Crippen LogP contribution in [0, 0.1) is 3.57 Å². The highest BCUT2D eigenvalue weighted by atomic mass is 127. The molecule has 3 rings (SSSR count). The van der Waals surface area contributed by atoms with Crippen LogP contribution >= 0.6 is 22.6 Å². The van der Waals surface area contributed by atoms with Crippen LogP contribution < -0.4 is 5.32 Å². The Balaban J connectivity index is 1.50. The van der Waals surface area contributed by atoms with Gasteiger partial charge in [-0.3, -0.25) is 9.48 Å². The van der Waals surface area contributed by atoms with Crippen molar-refractivity contribution in [2.24, 2.45) is 0 Å². The van der Waals surface area contributed by atoms with E-state index in [1.165, 1.54) is 6.07 Å². The monoisotopic (exact) mass is 451 g/mol. The second-order valence-electron chi connectivity index (χ2n) is 5.10. The van der Waals surface area contributed by atoms with Crippen molar-refractivity contribution in [2.45, 2.75) is 6.54 Å². The summed E-state index contributed by atoms with van der Waals surface area (Å²) >= 11 is 2.15. The molecule has 7 nitrogen and oxygen atoms in total. The Hall–Kier alpha value is -2.62. The smallest absolute Gasteiger partial charge is 0.374 e. The van der Waals surface area contributed by atoms with E-state index in [1.807, 2.05) is 18.2 Å². The molecule has 0 atom stereocenters. The number of carbonyl (C=O) groups excluding carboxylic acids is 2. The van der Waals surface area contributed by atoms with Crippen LogP contribution in [0.2, 0.25) is 0 Å². The van der Waals surface area contributed by atoms with Gasteiger partial charge in [-0.05, 0) is 59.0 Å². The summed E-state index contributed by atoms with van der Waals surface area (Å²) in [5, 5.41) is 6.72. The van der Waals surface area contributed by atoms with E-state index in [9.17, 15) is 9.59 Å². The molecule has 0 aliphatic rings. The number of amides is 1. The second kappa shape index (κ2) is 7.97. The SMILES string of the molecule is O=C(COC(=O)c1ccc(Cn2cccn2)o1)Nc1cccc(I)c1. The number of benzene rings is 1. The highest BCUT2D eigenvalue weighted by Crippen LogP contribution is 2.13. The number of carbonyl (C=O) groups is 2. The average molecular weight is 451 g/mol. The fraction of sp³-hybridized carbons (Fsp3) is 0.118. The normalized spacial score (nSPS) is 10.4. The minimum atomic E-state index is -0.690. The van der Waals surface area contributed by atoms with Gasteiger partial charge in [-0.1, -0.05) is 6.07 Å². The van der Waals surface area contributed by atoms with E-state index >= 15 is 0 Å². The second-order valence-corrected chi connectivity index (χ2v) is 6.35. The van der Waals surface area contributed by atoms with Gasteiger partial charge in [0.1, 0.15) is 5.76 Å². The van der Waals surface area contributed by atoms with Crippen molar-refractivity contribution < 1.29 is 18.7 Å². The van der Waals surface area contributed by atoms with Crippen LogP contribution in [0.15, 0.2) is 59.3 Å². The Morgan fingerprint density at radius 2 is 2.12 bits per heavy atom. The highest BCUT2D eigenvalue weighted by molar-refractivity contribution is 14.1. The standard InChI is InChI=1S/C17H14IN3O4/c18-12-3-1-4-13(9-12)20-16(22)11-24-17(23)15-6-5-14(25-15)10-21-8-2-7-19-21/h1-9H,10-11H2,(H,20,22). The summed E-state index contributed by atoms with van der Waals surface area (Å²) < 4.78 is 13.1. The van der Waals surface area contributed by atoms with Crippen molar-refractivity contribution >= 4 is 40.2 Å². The minimum absolute atomic E-state index is 0.0456. The molecule has 0 aliphatic heterocycles. The summed E-state index contributed by atoms with van der Waals surface area (Å²) in [6, 6.07) is 12.3. The molecule has 1 amide bonds. The lowest BCUT2D eigenvalue weighted by Gasteiger charge is -2.06. The maximum atomic E-state index is 12.0. The molecule has 128 valence electrons. The Morgan fingerprint density at radius 3 is 2.88 bits per heavy atom. The molecular weight excluding hydrogens is 437 g/mol. The molecule has 8 heteroatoms. The molecule has 0 fully saturated rings. The molecule has 0 saturated heterocycles. The van der Waals surface area contributed by atoms with Crippen molar-refractivity contribution in [3.63, 3.8) is 0 Å². The van der Waals surface area contributed by atoms with Gasteiger partial charge < -0.3 is 14.5 Å². The largest absolute Gasteiger partial charge is 0.452 e. The van der Waals surface area contributed by atoms with E-state index in [2.05, 4.69) is 33.0 Å². The lowest BCUT2D eigenvalue weighted by atomic mass is 10.3. The summed E-state index contributed by atoms with van der Waals surface area (Å²) in [7, 11) is 0. The van der Waals surface area contributed by atoms with Gasteiger partial charge >= 0.3 is 5.97 Å². The third-order valence-electron chi connectivity index (χ3n) is 3.18. The molecule has 0 bridgehead atoms. The Morgan fingerprint density at radius 1 is 1.24 bits per heavy atom. The Kier molecular flexibility index (Phi) is 5.49. The predicted octanol–water partition coefficient (Wildman–Crippen LogP) is 2.92. The number of esters is 1. The lowest BCUT2D eigenvalue weighted by Crippen LogP contribution is -2.20. The quantitative estimate of drug-likeness (QED) is 0.460. The van der Waals surface area contributed by atoms with Gasteiger partial charge in [0.25, 0.3) is 5.91 Å². The van der Waals surface area contributed by atoms with E-state index in [-0.39, 0.29) is 12.4 Å². The zero-order chi connectivity index (χ0) is 17.6. The summed E-state index contributed by atoms with van der Waals surface area (Å²) in [4.78, 5) is 23.8. The number of furan rings is 1. The predicted molar refractivity (Wildman–Crippen MR) is 98.1 cm³/mol. The molecule has 2 aromatic heterocycles. The number of hydrogen-bond donors (Lipinski definition) is 1. The minimum Gasteiger partial charge on any atom is -0.452 e. The summed E-state index contributed by atoms with van der Waals surface area (Å²) in [6.07, 6.45) is 3.44. The first-order valence-electron chi connectivity index (χ1n) is 7.39. The molecule has 25 heavy (non-hydrogen) atoms. The van der Waals surface area contributed by atoms with Crippen LogP contribution in [0.4, 0.5) is 5.69 Å². The maximum Gasteiger partial charge on any atom is 0.374 e. The number of rotatable bonds is 6. The number of hydrogen-bond acceptors (Lipinski definition) is 5. The van der Waals surface area contributed by atoms with E-state index in [4.69, 9.17) is 9.15 Å². The Bertz CT molecular complexity index is 874. The number of aromatic nitrogens is 2. The first-order chi connectivity index (χ1) is 12.1. The number of nitrogens with zero attached hydrogens (tertiary/aromatic N) is 2. The summed E-state index contributed by atoms with van der Waals surface area (Å²) in [5.41, 5.74) is 0.646. The molecule has 0 saturated carbocycles. The molecule has 1 aromatic carbocycles. The van der Waals surface area contributed by atoms with Gasteiger partial charge in [-0.2, -0.15) is 5.10 Å².